The summed E-state index contributed by atoms with van der Waals surface area (Å²) in [7, 11) is 0. The highest BCUT2D eigenvalue weighted by Crippen LogP contribution is 2.00. The third kappa shape index (κ3) is 1.74. The minimum Gasteiger partial charge on any atom is -0.465 e. The molecule has 0 radical (unpaired) electrons. The van der Waals surface area contributed by atoms with E-state index in [-0.39, 0.29) is 6.61 Å². The van der Waals surface area contributed by atoms with Crippen molar-refractivity contribution in [2.24, 2.45) is 0 Å². The molecule has 0 unspecified atom stereocenters. The number of aliphatic hydroxyl groups is 1. The van der Waals surface area contributed by atoms with Crippen molar-refractivity contribution in [2.45, 2.75) is 0 Å². The molecule has 2 nitrogen and oxygen atoms in total. The quantitative estimate of drug-likeness (QED) is 0.644. The summed E-state index contributed by atoms with van der Waals surface area (Å²) in [6, 6.07) is 3.63. The van der Waals surface area contributed by atoms with E-state index in [9.17, 15) is 0 Å². The topological polar surface area (TPSA) is 33.4 Å². The van der Waals surface area contributed by atoms with Crippen LogP contribution in [0.4, 0.5) is 0 Å². The zero-order chi connectivity index (χ0) is 6.53. The average molecular weight is 124 g/mol. The van der Waals surface area contributed by atoms with Crippen LogP contribution in [0.2, 0.25) is 0 Å². The van der Waals surface area contributed by atoms with Crippen LogP contribution in [0.25, 0.3) is 6.08 Å². The molecule has 0 saturated carbocycles. The summed E-state index contributed by atoms with van der Waals surface area (Å²) in [6.07, 6.45) is 4.94. The van der Waals surface area contributed by atoms with E-state index in [4.69, 9.17) is 9.52 Å². The summed E-state index contributed by atoms with van der Waals surface area (Å²) in [5.74, 6) is 0.768. The molecule has 0 bridgehead atoms. The van der Waals surface area contributed by atoms with E-state index in [1.54, 1.807) is 24.5 Å². The van der Waals surface area contributed by atoms with Crippen molar-refractivity contribution in [3.05, 3.63) is 30.2 Å². The Balaban J connectivity index is 2.57. The van der Waals surface area contributed by atoms with Crippen molar-refractivity contribution in [3.63, 3.8) is 0 Å². The van der Waals surface area contributed by atoms with Gasteiger partial charge < -0.3 is 9.52 Å². The molecule has 0 atom stereocenters. The van der Waals surface area contributed by atoms with Gasteiger partial charge in [-0.25, -0.2) is 0 Å². The zero-order valence-electron chi connectivity index (χ0n) is 4.95. The Morgan fingerprint density at radius 3 is 3.11 bits per heavy atom. The maximum Gasteiger partial charge on any atom is 0.126 e. The molecule has 0 saturated heterocycles. The molecule has 48 valence electrons. The summed E-state index contributed by atoms with van der Waals surface area (Å²) < 4.78 is 4.94. The Morgan fingerprint density at radius 2 is 2.56 bits per heavy atom. The maximum atomic E-state index is 8.34. The van der Waals surface area contributed by atoms with Gasteiger partial charge in [0.2, 0.25) is 0 Å². The minimum absolute atomic E-state index is 0.0562. The summed E-state index contributed by atoms with van der Waals surface area (Å²) >= 11 is 0. The Kier molecular flexibility index (Phi) is 2.10. The Labute approximate surface area is 53.4 Å². The van der Waals surface area contributed by atoms with Gasteiger partial charge in [-0.15, -0.1) is 0 Å². The smallest absolute Gasteiger partial charge is 0.126 e. The van der Waals surface area contributed by atoms with Gasteiger partial charge in [-0.05, 0) is 18.2 Å². The first-order valence-corrected chi connectivity index (χ1v) is 2.74. The van der Waals surface area contributed by atoms with Crippen LogP contribution in [0.15, 0.2) is 28.9 Å². The molecule has 0 fully saturated rings. The lowest BCUT2D eigenvalue weighted by molar-refractivity contribution is 0.343. The lowest BCUT2D eigenvalue weighted by Gasteiger charge is -1.79. The van der Waals surface area contributed by atoms with Gasteiger partial charge >= 0.3 is 0 Å². The van der Waals surface area contributed by atoms with Crippen molar-refractivity contribution in [1.29, 1.82) is 0 Å². The molecular formula is C7H8O2. The molecule has 1 aromatic heterocycles. The number of hydrogen-bond donors (Lipinski definition) is 1. The van der Waals surface area contributed by atoms with Gasteiger partial charge in [0.1, 0.15) is 5.76 Å². The van der Waals surface area contributed by atoms with Crippen molar-refractivity contribution in [2.75, 3.05) is 6.61 Å². The van der Waals surface area contributed by atoms with Crippen molar-refractivity contribution in [3.8, 4) is 0 Å². The second kappa shape index (κ2) is 3.10. The summed E-state index contributed by atoms with van der Waals surface area (Å²) in [5, 5.41) is 8.34. The number of furan rings is 1. The van der Waals surface area contributed by atoms with E-state index in [2.05, 4.69) is 0 Å². The van der Waals surface area contributed by atoms with Gasteiger partial charge in [0.05, 0.1) is 12.9 Å². The molecule has 0 aliphatic carbocycles. The third-order valence-corrected chi connectivity index (χ3v) is 0.931. The second-order valence-electron chi connectivity index (χ2n) is 1.60. The molecule has 0 aliphatic rings. The predicted octanol–water partition coefficient (Wildman–Crippen LogP) is 1.29. The van der Waals surface area contributed by atoms with Gasteiger partial charge in [-0.2, -0.15) is 0 Å². The highest BCUT2D eigenvalue weighted by Gasteiger charge is 1.83. The van der Waals surface area contributed by atoms with Crippen LogP contribution in [0.3, 0.4) is 0 Å². The number of rotatable bonds is 2. The van der Waals surface area contributed by atoms with E-state index in [1.807, 2.05) is 6.07 Å². The predicted molar refractivity (Wildman–Crippen MR) is 34.8 cm³/mol. The molecule has 2 heteroatoms. The normalized spacial score (nSPS) is 10.8. The zero-order valence-corrected chi connectivity index (χ0v) is 4.95. The van der Waals surface area contributed by atoms with Crippen molar-refractivity contribution < 1.29 is 9.52 Å². The minimum atomic E-state index is 0.0562. The molecule has 0 aromatic carbocycles. The van der Waals surface area contributed by atoms with E-state index >= 15 is 0 Å². The van der Waals surface area contributed by atoms with Crippen LogP contribution < -0.4 is 0 Å². The van der Waals surface area contributed by atoms with E-state index in [0.717, 1.165) is 5.76 Å². The Bertz CT molecular complexity index is 175. The molecule has 1 N–H and O–H groups in total. The second-order valence-corrected chi connectivity index (χ2v) is 1.60. The van der Waals surface area contributed by atoms with Gasteiger partial charge in [-0.3, -0.25) is 0 Å². The molecule has 1 heterocycles. The van der Waals surface area contributed by atoms with Gasteiger partial charge in [0, 0.05) is 0 Å². The van der Waals surface area contributed by atoms with Gasteiger partial charge in [-0.1, -0.05) is 6.08 Å². The van der Waals surface area contributed by atoms with Crippen LogP contribution in [-0.2, 0) is 0 Å². The maximum absolute atomic E-state index is 8.34. The van der Waals surface area contributed by atoms with Crippen LogP contribution in [-0.4, -0.2) is 11.7 Å². The largest absolute Gasteiger partial charge is 0.465 e. The Hall–Kier alpha value is -1.02. The standard InChI is InChI=1S/C7H8O2/c8-5-1-3-7-4-2-6-9-7/h1-4,6,8H,5H2. The first-order chi connectivity index (χ1) is 4.43. The molecule has 0 spiro atoms. The summed E-state index contributed by atoms with van der Waals surface area (Å²) in [6.45, 7) is 0.0562. The lowest BCUT2D eigenvalue weighted by atomic mass is 10.4. The van der Waals surface area contributed by atoms with Crippen molar-refractivity contribution in [1.82, 2.24) is 0 Å². The molecule has 1 aromatic rings. The first-order valence-electron chi connectivity index (χ1n) is 2.74. The fourth-order valence-electron chi connectivity index (χ4n) is 0.555. The highest BCUT2D eigenvalue weighted by atomic mass is 16.3. The molecule has 0 amide bonds. The van der Waals surface area contributed by atoms with Crippen LogP contribution in [0.1, 0.15) is 5.76 Å². The van der Waals surface area contributed by atoms with Gasteiger partial charge in [0.25, 0.3) is 0 Å². The van der Waals surface area contributed by atoms with Crippen LogP contribution >= 0.6 is 0 Å². The SMILES string of the molecule is OCC=Cc1ccco1. The highest BCUT2D eigenvalue weighted by molar-refractivity contribution is 5.41. The number of aliphatic hydroxyl groups excluding tert-OH is 1. The fraction of sp³-hybridized carbons (Fsp3) is 0.143. The molecule has 1 rings (SSSR count). The number of hydrogen-bond acceptors (Lipinski definition) is 2. The lowest BCUT2D eigenvalue weighted by Crippen LogP contribution is -1.68. The van der Waals surface area contributed by atoms with E-state index in [0.29, 0.717) is 0 Å². The van der Waals surface area contributed by atoms with E-state index in [1.165, 1.54) is 0 Å². The monoisotopic (exact) mass is 124 g/mol. The van der Waals surface area contributed by atoms with Gasteiger partial charge in [0.15, 0.2) is 0 Å². The Morgan fingerprint density at radius 1 is 1.67 bits per heavy atom. The first kappa shape index (κ1) is 6.11. The van der Waals surface area contributed by atoms with Crippen LogP contribution in [0.5, 0.6) is 0 Å². The average Bonchev–Trinajstić information content (AvgIpc) is 2.34. The third-order valence-electron chi connectivity index (χ3n) is 0.931. The molecule has 9 heavy (non-hydrogen) atoms. The van der Waals surface area contributed by atoms with E-state index < -0.39 is 0 Å². The molecular weight excluding hydrogens is 116 g/mol. The van der Waals surface area contributed by atoms with Crippen molar-refractivity contribution >= 4 is 6.08 Å². The van der Waals surface area contributed by atoms with Crippen LogP contribution in [0, 0.1) is 0 Å². The molecule has 0 aliphatic heterocycles. The fourth-order valence-corrected chi connectivity index (χ4v) is 0.555. The summed E-state index contributed by atoms with van der Waals surface area (Å²) in [4.78, 5) is 0. The summed E-state index contributed by atoms with van der Waals surface area (Å²) in [5.41, 5.74) is 0.